The van der Waals surface area contributed by atoms with Gasteiger partial charge in [-0.15, -0.1) is 11.3 Å². The minimum atomic E-state index is -0.237. The Morgan fingerprint density at radius 1 is 1.55 bits per heavy atom. The standard InChI is InChI=1S/C9H14OS/c1-3-4-8(10)9-6-5-7(2)11-9/h5-6,8,10H,3-4H2,1-2H3/t8-/m1/s1. The molecule has 0 aromatic carbocycles. The molecular formula is C9H14OS. The van der Waals surface area contributed by atoms with Crippen LogP contribution in [0.4, 0.5) is 0 Å². The van der Waals surface area contributed by atoms with Crippen LogP contribution in [0.3, 0.4) is 0 Å². The van der Waals surface area contributed by atoms with Crippen molar-refractivity contribution in [2.75, 3.05) is 0 Å². The molecule has 0 saturated carbocycles. The number of hydrogen-bond donors (Lipinski definition) is 1. The average Bonchev–Trinajstić information content (AvgIpc) is 2.36. The molecule has 62 valence electrons. The van der Waals surface area contributed by atoms with Crippen LogP contribution in [0, 0.1) is 6.92 Å². The molecule has 0 fully saturated rings. The lowest BCUT2D eigenvalue weighted by Gasteiger charge is -2.04. The summed E-state index contributed by atoms with van der Waals surface area (Å²) < 4.78 is 0. The van der Waals surface area contributed by atoms with E-state index in [4.69, 9.17) is 0 Å². The van der Waals surface area contributed by atoms with E-state index in [9.17, 15) is 5.11 Å². The molecule has 1 N–H and O–H groups in total. The van der Waals surface area contributed by atoms with E-state index in [-0.39, 0.29) is 6.10 Å². The molecule has 1 heterocycles. The molecule has 0 radical (unpaired) electrons. The number of aliphatic hydroxyl groups excluding tert-OH is 1. The normalized spacial score (nSPS) is 13.4. The van der Waals surface area contributed by atoms with Crippen molar-refractivity contribution in [1.82, 2.24) is 0 Å². The summed E-state index contributed by atoms with van der Waals surface area (Å²) in [5, 5.41) is 9.54. The number of thiophene rings is 1. The Morgan fingerprint density at radius 2 is 2.27 bits per heavy atom. The van der Waals surface area contributed by atoms with Gasteiger partial charge >= 0.3 is 0 Å². The van der Waals surface area contributed by atoms with Gasteiger partial charge in [0.15, 0.2) is 0 Å². The van der Waals surface area contributed by atoms with E-state index in [2.05, 4.69) is 19.9 Å². The van der Waals surface area contributed by atoms with Crippen molar-refractivity contribution in [2.45, 2.75) is 32.8 Å². The third kappa shape index (κ3) is 2.31. The Kier molecular flexibility index (Phi) is 3.09. The van der Waals surface area contributed by atoms with Crippen LogP contribution < -0.4 is 0 Å². The van der Waals surface area contributed by atoms with Gasteiger partial charge in [0.05, 0.1) is 6.10 Å². The number of aryl methyl sites for hydroxylation is 1. The summed E-state index contributed by atoms with van der Waals surface area (Å²) in [6, 6.07) is 4.07. The van der Waals surface area contributed by atoms with Crippen LogP contribution >= 0.6 is 11.3 Å². The summed E-state index contributed by atoms with van der Waals surface area (Å²) in [5.74, 6) is 0. The average molecular weight is 170 g/mol. The minimum absolute atomic E-state index is 0.237. The quantitative estimate of drug-likeness (QED) is 0.739. The fourth-order valence-corrected chi connectivity index (χ4v) is 1.95. The smallest absolute Gasteiger partial charge is 0.0882 e. The lowest BCUT2D eigenvalue weighted by molar-refractivity contribution is 0.170. The van der Waals surface area contributed by atoms with Crippen molar-refractivity contribution in [2.24, 2.45) is 0 Å². The van der Waals surface area contributed by atoms with Crippen molar-refractivity contribution in [3.63, 3.8) is 0 Å². The van der Waals surface area contributed by atoms with E-state index < -0.39 is 0 Å². The predicted molar refractivity (Wildman–Crippen MR) is 48.9 cm³/mol. The van der Waals surface area contributed by atoms with Crippen LogP contribution in [0.5, 0.6) is 0 Å². The number of rotatable bonds is 3. The monoisotopic (exact) mass is 170 g/mol. The van der Waals surface area contributed by atoms with Crippen molar-refractivity contribution in [3.8, 4) is 0 Å². The van der Waals surface area contributed by atoms with Crippen molar-refractivity contribution < 1.29 is 5.11 Å². The molecule has 1 atom stereocenters. The summed E-state index contributed by atoms with van der Waals surface area (Å²) in [5.41, 5.74) is 0. The maximum atomic E-state index is 9.54. The Morgan fingerprint density at radius 3 is 2.73 bits per heavy atom. The molecule has 1 rings (SSSR count). The van der Waals surface area contributed by atoms with E-state index in [0.717, 1.165) is 17.7 Å². The second-order valence-corrected chi connectivity index (χ2v) is 4.07. The molecular weight excluding hydrogens is 156 g/mol. The zero-order chi connectivity index (χ0) is 8.27. The van der Waals surface area contributed by atoms with Gasteiger partial charge in [0.1, 0.15) is 0 Å². The summed E-state index contributed by atoms with van der Waals surface area (Å²) in [7, 11) is 0. The Balaban J connectivity index is 2.60. The Labute approximate surface area is 71.7 Å². The first kappa shape index (κ1) is 8.75. The second-order valence-electron chi connectivity index (χ2n) is 2.75. The van der Waals surface area contributed by atoms with Crippen LogP contribution in [0.25, 0.3) is 0 Å². The highest BCUT2D eigenvalue weighted by atomic mass is 32.1. The fourth-order valence-electron chi connectivity index (χ4n) is 1.05. The van der Waals surface area contributed by atoms with Gasteiger partial charge in [-0.2, -0.15) is 0 Å². The SMILES string of the molecule is CCC[C@@H](O)c1ccc(C)s1. The van der Waals surface area contributed by atoms with Crippen molar-refractivity contribution in [3.05, 3.63) is 21.9 Å². The number of hydrogen-bond acceptors (Lipinski definition) is 2. The fraction of sp³-hybridized carbons (Fsp3) is 0.556. The summed E-state index contributed by atoms with van der Waals surface area (Å²) in [6.45, 7) is 4.15. The van der Waals surface area contributed by atoms with Gasteiger partial charge in [-0.1, -0.05) is 13.3 Å². The highest BCUT2D eigenvalue weighted by Crippen LogP contribution is 2.25. The maximum absolute atomic E-state index is 9.54. The predicted octanol–water partition coefficient (Wildman–Crippen LogP) is 2.89. The van der Waals surface area contributed by atoms with E-state index >= 15 is 0 Å². The molecule has 0 aliphatic rings. The zero-order valence-corrected chi connectivity index (χ0v) is 7.82. The summed E-state index contributed by atoms with van der Waals surface area (Å²) >= 11 is 1.69. The minimum Gasteiger partial charge on any atom is -0.388 e. The van der Waals surface area contributed by atoms with E-state index in [1.807, 2.05) is 6.07 Å². The molecule has 0 aliphatic heterocycles. The zero-order valence-electron chi connectivity index (χ0n) is 7.00. The van der Waals surface area contributed by atoms with Crippen LogP contribution in [0.2, 0.25) is 0 Å². The molecule has 1 nitrogen and oxygen atoms in total. The largest absolute Gasteiger partial charge is 0.388 e. The molecule has 11 heavy (non-hydrogen) atoms. The van der Waals surface area contributed by atoms with E-state index in [1.54, 1.807) is 11.3 Å². The highest BCUT2D eigenvalue weighted by Gasteiger charge is 2.07. The van der Waals surface area contributed by atoms with Crippen molar-refractivity contribution >= 4 is 11.3 Å². The first-order chi connectivity index (χ1) is 5.24. The van der Waals surface area contributed by atoms with Gasteiger partial charge in [-0.05, 0) is 25.5 Å². The lowest BCUT2D eigenvalue weighted by Crippen LogP contribution is -1.91. The third-order valence-corrected chi connectivity index (χ3v) is 2.75. The second kappa shape index (κ2) is 3.88. The maximum Gasteiger partial charge on any atom is 0.0882 e. The van der Waals surface area contributed by atoms with Gasteiger partial charge in [-0.25, -0.2) is 0 Å². The third-order valence-electron chi connectivity index (χ3n) is 1.65. The first-order valence-corrected chi connectivity index (χ1v) is 4.80. The van der Waals surface area contributed by atoms with Crippen LogP contribution in [-0.2, 0) is 0 Å². The molecule has 1 aromatic rings. The Bertz CT molecular complexity index is 217. The van der Waals surface area contributed by atoms with E-state index in [0.29, 0.717) is 0 Å². The van der Waals surface area contributed by atoms with Gasteiger partial charge in [0.2, 0.25) is 0 Å². The first-order valence-electron chi connectivity index (χ1n) is 3.98. The molecule has 0 amide bonds. The molecule has 0 saturated heterocycles. The molecule has 0 unspecified atom stereocenters. The van der Waals surface area contributed by atoms with Gasteiger partial charge < -0.3 is 5.11 Å². The topological polar surface area (TPSA) is 20.2 Å². The molecule has 0 aliphatic carbocycles. The molecule has 0 bridgehead atoms. The summed E-state index contributed by atoms with van der Waals surface area (Å²) in [4.78, 5) is 2.37. The molecule has 0 spiro atoms. The van der Waals surface area contributed by atoms with Gasteiger partial charge in [0.25, 0.3) is 0 Å². The van der Waals surface area contributed by atoms with Crippen molar-refractivity contribution in [1.29, 1.82) is 0 Å². The summed E-state index contributed by atoms with van der Waals surface area (Å²) in [6.07, 6.45) is 1.68. The van der Waals surface area contributed by atoms with E-state index in [1.165, 1.54) is 4.88 Å². The molecule has 2 heteroatoms. The van der Waals surface area contributed by atoms with Crippen LogP contribution in [0.1, 0.15) is 35.6 Å². The lowest BCUT2D eigenvalue weighted by atomic mass is 10.2. The molecule has 1 aromatic heterocycles. The van der Waals surface area contributed by atoms with Gasteiger partial charge in [-0.3, -0.25) is 0 Å². The Hall–Kier alpha value is -0.340. The van der Waals surface area contributed by atoms with Crippen LogP contribution in [0.15, 0.2) is 12.1 Å². The van der Waals surface area contributed by atoms with Crippen LogP contribution in [-0.4, -0.2) is 5.11 Å². The highest BCUT2D eigenvalue weighted by molar-refractivity contribution is 7.11. The van der Waals surface area contributed by atoms with Gasteiger partial charge in [0, 0.05) is 9.75 Å². The number of aliphatic hydroxyl groups is 1.